The molecular weight excluding hydrogens is 48.0 g/mol. The van der Waals surface area contributed by atoms with Crippen molar-refractivity contribution in [1.82, 2.24) is 0 Å². The SMILES string of the molecule is [2H]C1=C([2H])C=C1. The zero-order valence-electron chi connectivity index (χ0n) is 4.15. The zero-order chi connectivity index (χ0) is 4.57. The first-order valence-electron chi connectivity index (χ1n) is 2.16. The van der Waals surface area contributed by atoms with Crippen LogP contribution in [0.1, 0.15) is 2.74 Å². The van der Waals surface area contributed by atoms with Gasteiger partial charge < -0.3 is 0 Å². The summed E-state index contributed by atoms with van der Waals surface area (Å²) in [4.78, 5) is 0. The van der Waals surface area contributed by atoms with Crippen molar-refractivity contribution in [3.63, 3.8) is 0 Å². The lowest BCUT2D eigenvalue weighted by molar-refractivity contribution is 1.81. The monoisotopic (exact) mass is 54.0 g/mol. The van der Waals surface area contributed by atoms with Gasteiger partial charge in [0.05, 0.1) is 2.74 Å². The maximum Gasteiger partial charge on any atom is 0.0623 e. The van der Waals surface area contributed by atoms with Crippen LogP contribution in [0.15, 0.2) is 24.3 Å². The third kappa shape index (κ3) is 0.0282. The Morgan fingerprint density at radius 2 is 1.75 bits per heavy atom. The van der Waals surface area contributed by atoms with Crippen LogP contribution in [0.3, 0.4) is 0 Å². The molecule has 0 heterocycles. The van der Waals surface area contributed by atoms with E-state index in [1.807, 2.05) is 0 Å². The van der Waals surface area contributed by atoms with Crippen molar-refractivity contribution < 1.29 is 2.74 Å². The normalized spacial score (nSPS) is 28.0. The quantitative estimate of drug-likeness (QED) is 0.388. The average Bonchev–Trinajstić information content (AvgIpc) is 1.61. The molecule has 0 unspecified atom stereocenters. The molecule has 1 rings (SSSR count). The Balaban J connectivity index is 2.71. The lowest BCUT2D eigenvalue weighted by atomic mass is 10.3. The predicted octanol–water partition coefficient (Wildman–Crippen LogP) is 1.11. The van der Waals surface area contributed by atoms with Gasteiger partial charge in [0.1, 0.15) is 0 Å². The number of hydrogen-bond acceptors (Lipinski definition) is 0. The molecule has 1 aliphatic rings. The second kappa shape index (κ2) is 0.449. The maximum atomic E-state index is 6.72. The largest absolute Gasteiger partial charge is 0.0623 e. The summed E-state index contributed by atoms with van der Waals surface area (Å²) >= 11 is 0. The van der Waals surface area contributed by atoms with E-state index < -0.39 is 0 Å². The van der Waals surface area contributed by atoms with E-state index >= 15 is 0 Å². The van der Waals surface area contributed by atoms with E-state index in [1.165, 1.54) is 0 Å². The summed E-state index contributed by atoms with van der Waals surface area (Å²) in [6, 6.07) is 0.685. The zero-order valence-corrected chi connectivity index (χ0v) is 2.15. The van der Waals surface area contributed by atoms with Crippen molar-refractivity contribution in [2.45, 2.75) is 0 Å². The van der Waals surface area contributed by atoms with Crippen molar-refractivity contribution >= 4 is 0 Å². The number of rotatable bonds is 0. The summed E-state index contributed by atoms with van der Waals surface area (Å²) < 4.78 is 13.4. The van der Waals surface area contributed by atoms with Gasteiger partial charge in [-0.1, -0.05) is 24.3 Å². The molecule has 0 aliphatic heterocycles. The van der Waals surface area contributed by atoms with Gasteiger partial charge in [-0.05, 0) is 0 Å². The molecule has 0 amide bonds. The molecule has 0 radical (unpaired) electrons. The minimum atomic E-state index is 0.343. The van der Waals surface area contributed by atoms with Crippen LogP contribution < -0.4 is 0 Å². The Labute approximate surface area is 28.3 Å². The van der Waals surface area contributed by atoms with Crippen LogP contribution in [0.25, 0.3) is 0 Å². The highest BCUT2D eigenvalue weighted by Gasteiger charge is 1.65. The summed E-state index contributed by atoms with van der Waals surface area (Å²) in [6.07, 6.45) is 3.20. The molecule has 0 fully saturated rings. The number of hydrogen-bond donors (Lipinski definition) is 0. The molecule has 0 aromatic carbocycles. The first kappa shape index (κ1) is 0.713. The van der Waals surface area contributed by atoms with Crippen molar-refractivity contribution in [3.8, 4) is 0 Å². The first-order valence-corrected chi connectivity index (χ1v) is 1.16. The average molecular weight is 54.1 g/mol. The summed E-state index contributed by atoms with van der Waals surface area (Å²) in [5.41, 5.74) is 0. The van der Waals surface area contributed by atoms with Crippen LogP contribution in [0, 0.1) is 0 Å². The van der Waals surface area contributed by atoms with Crippen molar-refractivity contribution in [2.75, 3.05) is 0 Å². The van der Waals surface area contributed by atoms with Gasteiger partial charge in [-0.2, -0.15) is 0 Å². The molecule has 1 aliphatic carbocycles. The first-order chi connectivity index (χ1) is 2.80. The van der Waals surface area contributed by atoms with Crippen LogP contribution in [-0.2, 0) is 0 Å². The summed E-state index contributed by atoms with van der Waals surface area (Å²) in [5, 5.41) is 0. The molecule has 4 heavy (non-hydrogen) atoms. The Morgan fingerprint density at radius 3 is 1.75 bits per heavy atom. The fraction of sp³-hybridized carbons (Fsp3) is 0. The second-order valence-corrected chi connectivity index (χ2v) is 0.622. The van der Waals surface area contributed by atoms with Gasteiger partial charge in [-0.3, -0.25) is 0 Å². The fourth-order valence-electron chi connectivity index (χ4n) is 0.0833. The van der Waals surface area contributed by atoms with Crippen LogP contribution in [0.5, 0.6) is 0 Å². The van der Waals surface area contributed by atoms with Crippen LogP contribution in [0.2, 0.25) is 0 Å². The van der Waals surface area contributed by atoms with Crippen LogP contribution in [0.4, 0.5) is 0 Å². The van der Waals surface area contributed by atoms with Gasteiger partial charge >= 0.3 is 0 Å². The highest BCUT2D eigenvalue weighted by atomic mass is 13.7. The van der Waals surface area contributed by atoms with E-state index in [9.17, 15) is 0 Å². The minimum absolute atomic E-state index is 0.343. The summed E-state index contributed by atoms with van der Waals surface area (Å²) in [5.74, 6) is 0. The molecule has 0 heteroatoms. The Hall–Kier alpha value is -0.520. The minimum Gasteiger partial charge on any atom is -0.0623 e. The molecule has 0 nitrogen and oxygen atoms in total. The smallest absolute Gasteiger partial charge is 0.0623 e. The van der Waals surface area contributed by atoms with Gasteiger partial charge in [-0.15, -0.1) is 0 Å². The molecule has 0 saturated heterocycles. The van der Waals surface area contributed by atoms with E-state index in [0.29, 0.717) is 12.1 Å². The Morgan fingerprint density at radius 1 is 1.25 bits per heavy atom. The Kier molecular flexibility index (Phi) is 0.0799. The lowest BCUT2D eigenvalue weighted by Crippen LogP contribution is -1.55. The third-order valence-corrected chi connectivity index (χ3v) is 0.333. The third-order valence-electron chi connectivity index (χ3n) is 0.333. The molecule has 20 valence electrons. The molecule has 0 aromatic rings. The molecule has 0 bridgehead atoms. The molecule has 0 atom stereocenters. The number of allylic oxidation sites excluding steroid dienone is 4. The van der Waals surface area contributed by atoms with E-state index in [-0.39, 0.29) is 0 Å². The molecule has 0 aromatic heterocycles. The molecule has 0 N–H and O–H groups in total. The standard InChI is InChI=1S/C4H4/c1-2-4-3-1/h1-4H/i1D,2D. The molecule has 0 saturated carbocycles. The van der Waals surface area contributed by atoms with Crippen molar-refractivity contribution in [1.29, 1.82) is 0 Å². The van der Waals surface area contributed by atoms with Gasteiger partial charge in [0.25, 0.3) is 0 Å². The van der Waals surface area contributed by atoms with Crippen LogP contribution in [-0.4, -0.2) is 0 Å². The topological polar surface area (TPSA) is 0 Å². The highest BCUT2D eigenvalue weighted by Crippen LogP contribution is 1.86. The lowest BCUT2D eigenvalue weighted by Gasteiger charge is -1.77. The van der Waals surface area contributed by atoms with E-state index in [1.54, 1.807) is 12.2 Å². The predicted molar refractivity (Wildman–Crippen MR) is 18.3 cm³/mol. The summed E-state index contributed by atoms with van der Waals surface area (Å²) in [7, 11) is 0. The summed E-state index contributed by atoms with van der Waals surface area (Å²) in [6.45, 7) is 0. The van der Waals surface area contributed by atoms with E-state index in [2.05, 4.69) is 0 Å². The van der Waals surface area contributed by atoms with Gasteiger partial charge in [0, 0.05) is 0 Å². The fourth-order valence-corrected chi connectivity index (χ4v) is 0.0833. The van der Waals surface area contributed by atoms with E-state index in [4.69, 9.17) is 2.74 Å². The van der Waals surface area contributed by atoms with Gasteiger partial charge in [-0.25, -0.2) is 0 Å². The van der Waals surface area contributed by atoms with Crippen molar-refractivity contribution in [3.05, 3.63) is 24.3 Å². The van der Waals surface area contributed by atoms with Gasteiger partial charge in [0.2, 0.25) is 0 Å². The van der Waals surface area contributed by atoms with E-state index in [0.717, 1.165) is 0 Å². The van der Waals surface area contributed by atoms with Gasteiger partial charge in [0.15, 0.2) is 0 Å². The maximum absolute atomic E-state index is 6.72. The highest BCUT2D eigenvalue weighted by molar-refractivity contribution is 5.22. The second-order valence-electron chi connectivity index (χ2n) is 0.622. The Bertz CT molecular complexity index is 108. The molecular formula is C4H4. The molecule has 0 spiro atoms. The van der Waals surface area contributed by atoms with Crippen molar-refractivity contribution in [2.24, 2.45) is 0 Å². The van der Waals surface area contributed by atoms with Crippen LogP contribution >= 0.6 is 0 Å².